The Bertz CT molecular complexity index is 1220. The number of aromatic nitrogens is 2. The van der Waals surface area contributed by atoms with Crippen LogP contribution in [0.5, 0.6) is 0 Å². The Kier molecular flexibility index (Phi) is 7.65. The van der Waals surface area contributed by atoms with Crippen LogP contribution in [0.2, 0.25) is 0 Å². The van der Waals surface area contributed by atoms with Crippen LogP contribution in [0.25, 0.3) is 0 Å². The molecule has 7 nitrogen and oxygen atoms in total. The van der Waals surface area contributed by atoms with Gasteiger partial charge >= 0.3 is 6.18 Å². The average molecular weight is 517 g/mol. The number of benzene rings is 2. The summed E-state index contributed by atoms with van der Waals surface area (Å²) in [5.41, 5.74) is -0.210. The lowest BCUT2D eigenvalue weighted by molar-refractivity contribution is -0.137. The number of alkyl halides is 3. The molecule has 0 unspecified atom stereocenters. The number of halogens is 3. The minimum absolute atomic E-state index is 0.153. The maximum absolute atomic E-state index is 13.1. The number of rotatable bonds is 8. The van der Waals surface area contributed by atoms with Gasteiger partial charge in [0.2, 0.25) is 21.1 Å². The van der Waals surface area contributed by atoms with Crippen LogP contribution in [-0.4, -0.2) is 36.8 Å². The van der Waals surface area contributed by atoms with Crippen molar-refractivity contribution < 1.29 is 26.4 Å². The van der Waals surface area contributed by atoms with Gasteiger partial charge in [0.15, 0.2) is 4.34 Å². The van der Waals surface area contributed by atoms with Crippen LogP contribution in [0.3, 0.4) is 0 Å². The van der Waals surface area contributed by atoms with Crippen molar-refractivity contribution in [2.45, 2.75) is 29.2 Å². The molecule has 13 heteroatoms. The standard InChI is InChI=1S/C20H19F3N4O3S3/c1-13(27(33(2,29)30)16-10-6-9-15(11-16)20(21,22)23)17(28)24-18-25-26-19(32-18)31-12-14-7-4-3-5-8-14/h3-11,13H,12H2,1-2H3,(H,24,25,28)/t13-/m0/s1. The molecule has 0 saturated heterocycles. The van der Waals surface area contributed by atoms with Gasteiger partial charge < -0.3 is 0 Å². The molecular formula is C20H19F3N4O3S3. The third-order valence-electron chi connectivity index (χ3n) is 4.36. The summed E-state index contributed by atoms with van der Waals surface area (Å²) in [5.74, 6) is -0.106. The lowest BCUT2D eigenvalue weighted by Crippen LogP contribution is -2.45. The van der Waals surface area contributed by atoms with E-state index in [1.165, 1.54) is 24.8 Å². The van der Waals surface area contributed by atoms with Crippen LogP contribution in [-0.2, 0) is 26.7 Å². The Hall–Kier alpha value is -2.64. The second kappa shape index (κ2) is 10.1. The van der Waals surface area contributed by atoms with Crippen LogP contribution in [0.15, 0.2) is 58.9 Å². The summed E-state index contributed by atoms with van der Waals surface area (Å²) in [6.07, 6.45) is -3.84. The van der Waals surface area contributed by atoms with Crippen molar-refractivity contribution in [2.24, 2.45) is 0 Å². The van der Waals surface area contributed by atoms with Gasteiger partial charge in [-0.2, -0.15) is 13.2 Å². The zero-order chi connectivity index (χ0) is 24.2. The molecule has 3 aromatic rings. The predicted molar refractivity (Wildman–Crippen MR) is 123 cm³/mol. The Morgan fingerprint density at radius 3 is 2.48 bits per heavy atom. The minimum atomic E-state index is -4.66. The van der Waals surface area contributed by atoms with Crippen molar-refractivity contribution in [3.63, 3.8) is 0 Å². The molecule has 1 atom stereocenters. The van der Waals surface area contributed by atoms with Gasteiger partial charge in [0.1, 0.15) is 6.04 Å². The van der Waals surface area contributed by atoms with Gasteiger partial charge in [-0.05, 0) is 30.7 Å². The zero-order valence-corrected chi connectivity index (χ0v) is 19.9. The largest absolute Gasteiger partial charge is 0.416 e. The molecule has 176 valence electrons. The summed E-state index contributed by atoms with van der Waals surface area (Å²) in [7, 11) is -4.08. The normalized spacial score (nSPS) is 12.9. The van der Waals surface area contributed by atoms with Crippen LogP contribution in [0, 0.1) is 0 Å². The molecule has 33 heavy (non-hydrogen) atoms. The molecule has 1 amide bonds. The minimum Gasteiger partial charge on any atom is -0.299 e. The second-order valence-corrected chi connectivity index (χ2v) is 11.0. The van der Waals surface area contributed by atoms with Crippen molar-refractivity contribution >= 4 is 49.8 Å². The van der Waals surface area contributed by atoms with Gasteiger partial charge in [-0.3, -0.25) is 14.4 Å². The molecular weight excluding hydrogens is 497 g/mol. The SMILES string of the molecule is C[C@@H](C(=O)Nc1nnc(SCc2ccccc2)s1)N(c1cccc(C(F)(F)F)c1)S(C)(=O)=O. The molecule has 0 spiro atoms. The summed E-state index contributed by atoms with van der Waals surface area (Å²) >= 11 is 2.53. The van der Waals surface area contributed by atoms with E-state index in [9.17, 15) is 26.4 Å². The number of amides is 1. The molecule has 0 aliphatic heterocycles. The highest BCUT2D eigenvalue weighted by Crippen LogP contribution is 2.33. The van der Waals surface area contributed by atoms with Crippen molar-refractivity contribution in [1.29, 1.82) is 0 Å². The molecule has 1 aromatic heterocycles. The number of nitrogens with zero attached hydrogens (tertiary/aromatic N) is 3. The number of anilines is 2. The summed E-state index contributed by atoms with van der Waals surface area (Å²) in [6.45, 7) is 1.28. The predicted octanol–water partition coefficient (Wildman–Crippen LogP) is 4.64. The van der Waals surface area contributed by atoms with Gasteiger partial charge in [-0.15, -0.1) is 10.2 Å². The number of carbonyl (C=O) groups is 1. The Labute approximate surface area is 197 Å². The topological polar surface area (TPSA) is 92.3 Å². The van der Waals surface area contributed by atoms with E-state index in [1.54, 1.807) is 0 Å². The molecule has 0 aliphatic rings. The van der Waals surface area contributed by atoms with E-state index in [2.05, 4.69) is 15.5 Å². The van der Waals surface area contributed by atoms with E-state index in [-0.39, 0.29) is 10.8 Å². The number of sulfonamides is 1. The summed E-state index contributed by atoms with van der Waals surface area (Å²) in [5, 5.41) is 10.5. The van der Waals surface area contributed by atoms with Crippen LogP contribution in [0.1, 0.15) is 18.1 Å². The van der Waals surface area contributed by atoms with E-state index >= 15 is 0 Å². The fourth-order valence-corrected chi connectivity index (χ4v) is 5.75. The molecule has 1 heterocycles. The molecule has 0 bridgehead atoms. The average Bonchev–Trinajstić information content (AvgIpc) is 3.19. The molecule has 3 rings (SSSR count). The molecule has 0 aliphatic carbocycles. The van der Waals surface area contributed by atoms with Gasteiger partial charge in [0.25, 0.3) is 0 Å². The summed E-state index contributed by atoms with van der Waals surface area (Å²) in [4.78, 5) is 12.7. The molecule has 2 aromatic carbocycles. The van der Waals surface area contributed by atoms with Gasteiger partial charge in [-0.25, -0.2) is 8.42 Å². The van der Waals surface area contributed by atoms with E-state index in [1.807, 2.05) is 30.3 Å². The number of hydrogen-bond acceptors (Lipinski definition) is 7. The van der Waals surface area contributed by atoms with Crippen LogP contribution >= 0.6 is 23.1 Å². The smallest absolute Gasteiger partial charge is 0.299 e. The number of nitrogens with one attached hydrogen (secondary N) is 1. The quantitative estimate of drug-likeness (QED) is 0.346. The lowest BCUT2D eigenvalue weighted by atomic mass is 10.2. The van der Waals surface area contributed by atoms with Crippen molar-refractivity contribution in [3.05, 3.63) is 65.7 Å². The van der Waals surface area contributed by atoms with Gasteiger partial charge in [-0.1, -0.05) is 59.5 Å². The van der Waals surface area contributed by atoms with Crippen LogP contribution < -0.4 is 9.62 Å². The number of carbonyl (C=O) groups excluding carboxylic acids is 1. The summed E-state index contributed by atoms with van der Waals surface area (Å²) < 4.78 is 65.2. The maximum atomic E-state index is 13.1. The molecule has 0 fully saturated rings. The lowest BCUT2D eigenvalue weighted by Gasteiger charge is -2.28. The Balaban J connectivity index is 1.74. The van der Waals surface area contributed by atoms with Crippen LogP contribution in [0.4, 0.5) is 24.0 Å². The number of hydrogen-bond donors (Lipinski definition) is 1. The Morgan fingerprint density at radius 1 is 1.15 bits per heavy atom. The first-order valence-electron chi connectivity index (χ1n) is 9.43. The monoisotopic (exact) mass is 516 g/mol. The first-order valence-corrected chi connectivity index (χ1v) is 13.1. The first-order chi connectivity index (χ1) is 15.4. The third-order valence-corrected chi connectivity index (χ3v) is 7.64. The summed E-state index contributed by atoms with van der Waals surface area (Å²) in [6, 6.07) is 12.1. The molecule has 0 radical (unpaired) electrons. The molecule has 0 saturated carbocycles. The maximum Gasteiger partial charge on any atom is 0.416 e. The first kappa shape index (κ1) is 25.0. The fourth-order valence-electron chi connectivity index (χ4n) is 2.88. The van der Waals surface area contributed by atoms with Gasteiger partial charge in [0.05, 0.1) is 17.5 Å². The third kappa shape index (κ3) is 6.68. The highest BCUT2D eigenvalue weighted by Gasteiger charge is 2.34. The highest BCUT2D eigenvalue weighted by molar-refractivity contribution is 8.00. The highest BCUT2D eigenvalue weighted by atomic mass is 32.2. The number of thioether (sulfide) groups is 1. The van der Waals surface area contributed by atoms with E-state index in [4.69, 9.17) is 0 Å². The zero-order valence-electron chi connectivity index (χ0n) is 17.4. The molecule has 1 N–H and O–H groups in total. The van der Waals surface area contributed by atoms with Crippen molar-refractivity contribution in [1.82, 2.24) is 10.2 Å². The van der Waals surface area contributed by atoms with Gasteiger partial charge in [0, 0.05) is 5.75 Å². The van der Waals surface area contributed by atoms with E-state index < -0.39 is 33.7 Å². The van der Waals surface area contributed by atoms with Crippen molar-refractivity contribution in [2.75, 3.05) is 15.9 Å². The van der Waals surface area contributed by atoms with Crippen molar-refractivity contribution in [3.8, 4) is 0 Å². The van der Waals surface area contributed by atoms with E-state index in [0.29, 0.717) is 20.5 Å². The Morgan fingerprint density at radius 2 is 1.85 bits per heavy atom. The van der Waals surface area contributed by atoms with E-state index in [0.717, 1.165) is 35.3 Å². The fraction of sp³-hybridized carbons (Fsp3) is 0.250. The second-order valence-electron chi connectivity index (χ2n) is 6.92.